The van der Waals surface area contributed by atoms with Crippen LogP contribution in [0.25, 0.3) is 17.3 Å². The number of nitrogens with zero attached hydrogens (tertiary/aromatic N) is 2. The van der Waals surface area contributed by atoms with Crippen LogP contribution in [0.1, 0.15) is 28.1 Å². The van der Waals surface area contributed by atoms with Crippen LogP contribution in [0.4, 0.5) is 13.2 Å². The average Bonchev–Trinajstić information content (AvgIpc) is 2.93. The van der Waals surface area contributed by atoms with E-state index in [-0.39, 0.29) is 11.1 Å². The van der Waals surface area contributed by atoms with Crippen LogP contribution in [0.15, 0.2) is 59.1 Å². The zero-order chi connectivity index (χ0) is 20.5. The molecule has 0 amide bonds. The van der Waals surface area contributed by atoms with Crippen molar-refractivity contribution in [1.29, 1.82) is 5.26 Å². The van der Waals surface area contributed by atoms with Crippen molar-refractivity contribution in [2.24, 2.45) is 0 Å². The number of aromatic nitrogens is 1. The Kier molecular flexibility index (Phi) is 5.48. The number of hydrogen-bond donors (Lipinski definition) is 0. The van der Waals surface area contributed by atoms with Gasteiger partial charge in [-0.25, -0.2) is 0 Å². The van der Waals surface area contributed by atoms with Gasteiger partial charge in [-0.3, -0.25) is 0 Å². The molecule has 0 aliphatic heterocycles. The largest absolute Gasteiger partial charge is 0.416 e. The molecule has 0 atom stereocenters. The average molecular weight is 445 g/mol. The van der Waals surface area contributed by atoms with E-state index in [1.165, 1.54) is 12.1 Å². The highest BCUT2D eigenvalue weighted by molar-refractivity contribution is 9.10. The zero-order valence-electron chi connectivity index (χ0n) is 15.2. The number of hydrogen-bond acceptors (Lipinski definition) is 1. The highest BCUT2D eigenvalue weighted by Crippen LogP contribution is 2.32. The summed E-state index contributed by atoms with van der Waals surface area (Å²) in [6.45, 7) is 3.87. The molecule has 0 N–H and O–H groups in total. The number of benzene rings is 2. The molecule has 0 saturated heterocycles. The van der Waals surface area contributed by atoms with Crippen molar-refractivity contribution < 1.29 is 13.2 Å². The van der Waals surface area contributed by atoms with Gasteiger partial charge in [-0.1, -0.05) is 28.1 Å². The van der Waals surface area contributed by atoms with E-state index >= 15 is 0 Å². The van der Waals surface area contributed by atoms with E-state index in [9.17, 15) is 18.4 Å². The second-order valence-corrected chi connectivity index (χ2v) is 7.30. The first-order valence-corrected chi connectivity index (χ1v) is 9.24. The number of aryl methyl sites for hydroxylation is 1. The van der Waals surface area contributed by atoms with Gasteiger partial charge in [0.05, 0.1) is 17.2 Å². The van der Waals surface area contributed by atoms with Crippen LogP contribution in [0.3, 0.4) is 0 Å². The van der Waals surface area contributed by atoms with Crippen LogP contribution in [-0.2, 0) is 6.18 Å². The summed E-state index contributed by atoms with van der Waals surface area (Å²) in [4.78, 5) is 0. The van der Waals surface area contributed by atoms with E-state index < -0.39 is 11.7 Å². The van der Waals surface area contributed by atoms with Gasteiger partial charge in [-0.05, 0) is 73.5 Å². The fraction of sp³-hybridized carbons (Fsp3) is 0.136. The van der Waals surface area contributed by atoms with E-state index in [0.717, 1.165) is 39.2 Å². The van der Waals surface area contributed by atoms with E-state index in [4.69, 9.17) is 0 Å². The Morgan fingerprint density at radius 3 is 2.36 bits per heavy atom. The number of rotatable bonds is 3. The molecule has 3 rings (SSSR count). The van der Waals surface area contributed by atoms with Gasteiger partial charge >= 0.3 is 6.18 Å². The van der Waals surface area contributed by atoms with E-state index in [2.05, 4.69) is 15.9 Å². The van der Waals surface area contributed by atoms with Crippen molar-refractivity contribution >= 4 is 27.6 Å². The Hall–Kier alpha value is -2.78. The molecular formula is C22H16BrF3N2. The molecule has 6 heteroatoms. The molecule has 0 aliphatic carbocycles. The maximum Gasteiger partial charge on any atom is 0.416 e. The molecule has 28 heavy (non-hydrogen) atoms. The standard InChI is InChI=1S/C22H16BrF3N2/c1-14-10-17(15(2)28(14)21-8-6-20(23)7-9-21)11-18(13-27)16-4-3-5-19(12-16)22(24,25)26/h3-12H,1-2H3/b18-11-. The molecule has 0 unspecified atom stereocenters. The summed E-state index contributed by atoms with van der Waals surface area (Å²) >= 11 is 3.41. The Labute approximate surface area is 169 Å². The second kappa shape index (κ2) is 7.69. The SMILES string of the molecule is Cc1cc(/C=C(/C#N)c2cccc(C(F)(F)F)c2)c(C)n1-c1ccc(Br)cc1. The van der Waals surface area contributed by atoms with Crippen molar-refractivity contribution in [2.45, 2.75) is 20.0 Å². The maximum atomic E-state index is 13.0. The lowest BCUT2D eigenvalue weighted by atomic mass is 10.0. The number of allylic oxidation sites excluding steroid dienone is 1. The van der Waals surface area contributed by atoms with Gasteiger partial charge in [-0.15, -0.1) is 0 Å². The first-order chi connectivity index (χ1) is 13.2. The Bertz CT molecular complexity index is 1080. The predicted molar refractivity (Wildman–Crippen MR) is 108 cm³/mol. The summed E-state index contributed by atoms with van der Waals surface area (Å²) in [6.07, 6.45) is -2.82. The van der Waals surface area contributed by atoms with Crippen molar-refractivity contribution in [2.75, 3.05) is 0 Å². The molecule has 1 heterocycles. The Morgan fingerprint density at radius 2 is 1.75 bits per heavy atom. The summed E-state index contributed by atoms with van der Waals surface area (Å²) < 4.78 is 42.0. The van der Waals surface area contributed by atoms with Crippen molar-refractivity contribution in [3.8, 4) is 11.8 Å². The molecule has 0 fully saturated rings. The lowest BCUT2D eigenvalue weighted by molar-refractivity contribution is -0.137. The van der Waals surface area contributed by atoms with Gasteiger partial charge in [0.2, 0.25) is 0 Å². The van der Waals surface area contributed by atoms with E-state index in [0.29, 0.717) is 0 Å². The minimum Gasteiger partial charge on any atom is -0.318 e. The third-order valence-electron chi connectivity index (χ3n) is 4.48. The molecule has 0 bridgehead atoms. The topological polar surface area (TPSA) is 28.7 Å². The summed E-state index contributed by atoms with van der Waals surface area (Å²) in [5, 5.41) is 9.54. The van der Waals surface area contributed by atoms with Crippen molar-refractivity contribution in [3.05, 3.63) is 87.1 Å². The second-order valence-electron chi connectivity index (χ2n) is 6.39. The number of halogens is 4. The monoisotopic (exact) mass is 444 g/mol. The fourth-order valence-corrected chi connectivity index (χ4v) is 3.38. The first kappa shape index (κ1) is 20.0. The van der Waals surface area contributed by atoms with E-state index in [1.54, 1.807) is 6.08 Å². The smallest absolute Gasteiger partial charge is 0.318 e. The van der Waals surface area contributed by atoms with Gasteiger partial charge < -0.3 is 4.57 Å². The van der Waals surface area contributed by atoms with Gasteiger partial charge in [0.1, 0.15) is 0 Å². The lowest BCUT2D eigenvalue weighted by Crippen LogP contribution is -2.04. The van der Waals surface area contributed by atoms with Gasteiger partial charge in [0.25, 0.3) is 0 Å². The lowest BCUT2D eigenvalue weighted by Gasteiger charge is -2.10. The summed E-state index contributed by atoms with van der Waals surface area (Å²) in [5.74, 6) is 0. The van der Waals surface area contributed by atoms with Crippen LogP contribution in [-0.4, -0.2) is 4.57 Å². The zero-order valence-corrected chi connectivity index (χ0v) is 16.8. The minimum atomic E-state index is -4.45. The van der Waals surface area contributed by atoms with Crippen molar-refractivity contribution in [1.82, 2.24) is 4.57 Å². The van der Waals surface area contributed by atoms with Crippen LogP contribution in [0.2, 0.25) is 0 Å². The van der Waals surface area contributed by atoms with Crippen LogP contribution in [0.5, 0.6) is 0 Å². The molecular weight excluding hydrogens is 429 g/mol. The Morgan fingerprint density at radius 1 is 1.07 bits per heavy atom. The third kappa shape index (κ3) is 4.05. The fourth-order valence-electron chi connectivity index (χ4n) is 3.12. The van der Waals surface area contributed by atoms with Crippen molar-refractivity contribution in [3.63, 3.8) is 0 Å². The molecule has 3 aromatic rings. The third-order valence-corrected chi connectivity index (χ3v) is 5.00. The summed E-state index contributed by atoms with van der Waals surface area (Å²) in [5.41, 5.74) is 3.27. The van der Waals surface area contributed by atoms with Gasteiger partial charge in [0, 0.05) is 21.5 Å². The molecule has 2 nitrogen and oxygen atoms in total. The van der Waals surface area contributed by atoms with Gasteiger partial charge in [-0.2, -0.15) is 18.4 Å². The maximum absolute atomic E-state index is 13.0. The van der Waals surface area contributed by atoms with Crippen LogP contribution < -0.4 is 0 Å². The quantitative estimate of drug-likeness (QED) is 0.402. The summed E-state index contributed by atoms with van der Waals surface area (Å²) in [6, 6.07) is 16.6. The predicted octanol–water partition coefficient (Wildman–Crippen LogP) is 6.94. The van der Waals surface area contributed by atoms with Gasteiger partial charge in [0.15, 0.2) is 0 Å². The highest BCUT2D eigenvalue weighted by Gasteiger charge is 2.30. The summed E-state index contributed by atoms with van der Waals surface area (Å²) in [7, 11) is 0. The molecule has 142 valence electrons. The van der Waals surface area contributed by atoms with Crippen LogP contribution >= 0.6 is 15.9 Å². The molecule has 2 aromatic carbocycles. The number of nitriles is 1. The minimum absolute atomic E-state index is 0.183. The van der Waals surface area contributed by atoms with E-state index in [1.807, 2.05) is 54.8 Å². The highest BCUT2D eigenvalue weighted by atomic mass is 79.9. The molecule has 0 aliphatic rings. The number of alkyl halides is 3. The normalized spacial score (nSPS) is 12.1. The van der Waals surface area contributed by atoms with Crippen LogP contribution in [0, 0.1) is 25.2 Å². The molecule has 0 radical (unpaired) electrons. The molecule has 1 aromatic heterocycles. The molecule has 0 spiro atoms. The first-order valence-electron chi connectivity index (χ1n) is 8.45. The Balaban J connectivity index is 2.07. The molecule has 0 saturated carbocycles.